The van der Waals surface area contributed by atoms with Crippen LogP contribution in [0.3, 0.4) is 0 Å². The van der Waals surface area contributed by atoms with E-state index in [0.717, 1.165) is 24.8 Å². The largest absolute Gasteiger partial charge is 0.467 e. The third kappa shape index (κ3) is 8.19. The Kier molecular flexibility index (Phi) is 11.5. The quantitative estimate of drug-likeness (QED) is 0.339. The number of likely N-dealkylation sites (tertiary alicyclic amines) is 2. The first kappa shape index (κ1) is 36.5. The van der Waals surface area contributed by atoms with Crippen LogP contribution in [-0.2, 0) is 30.4 Å². The molecule has 11 heteroatoms. The van der Waals surface area contributed by atoms with Crippen molar-refractivity contribution in [1.82, 2.24) is 24.9 Å². The highest BCUT2D eigenvalue weighted by atomic mass is 16.5. The molecule has 270 valence electrons. The minimum Gasteiger partial charge on any atom is -0.467 e. The van der Waals surface area contributed by atoms with Gasteiger partial charge in [-0.05, 0) is 43.1 Å². The summed E-state index contributed by atoms with van der Waals surface area (Å²) in [6.07, 6.45) is 9.40. The fourth-order valence-electron chi connectivity index (χ4n) is 7.78. The standard InChI is InChI=1S/C36H49N5O6.C2H6.H2/c1-24(47-20-26-13-9-6-10-14-26)30(34(45)46-4)38-31(42)29-19-39(21-36(29)22-40(23-36)33(44)28-15-35(28,2)3)32(43)27-16-37-41(18-27)17-25-11-7-5-8-12-25;1-2;/h5,7-8,11-12,16,18,24,26,28-30H,6,9-10,13-15,17,19-23H2,1-4H3,(H,38,42);1-2H3;1H/t24-,28-,29+,30+;;/m1../s1. The molecule has 6 rings (SSSR count). The molecule has 1 N–H and O–H groups in total. The van der Waals surface area contributed by atoms with Gasteiger partial charge in [0.1, 0.15) is 0 Å². The van der Waals surface area contributed by atoms with Gasteiger partial charge in [0.25, 0.3) is 5.91 Å². The number of nitrogens with zero attached hydrogens (tertiary/aromatic N) is 4. The normalized spacial score (nSPS) is 23.5. The Morgan fingerprint density at radius 3 is 2.29 bits per heavy atom. The second-order valence-corrected chi connectivity index (χ2v) is 15.0. The first-order valence-electron chi connectivity index (χ1n) is 18.1. The molecule has 0 unspecified atom stereocenters. The van der Waals surface area contributed by atoms with Crippen LogP contribution >= 0.6 is 0 Å². The lowest BCUT2D eigenvalue weighted by atomic mass is 9.70. The highest BCUT2D eigenvalue weighted by molar-refractivity contribution is 5.95. The molecule has 3 amide bonds. The Morgan fingerprint density at radius 2 is 1.65 bits per heavy atom. The number of esters is 1. The van der Waals surface area contributed by atoms with Gasteiger partial charge in [-0.2, -0.15) is 5.10 Å². The van der Waals surface area contributed by atoms with Crippen molar-refractivity contribution >= 4 is 23.7 Å². The molecule has 4 aliphatic rings. The van der Waals surface area contributed by atoms with E-state index < -0.39 is 29.4 Å². The number of nitrogens with one attached hydrogen (secondary N) is 1. The molecule has 2 aliphatic heterocycles. The minimum atomic E-state index is -0.987. The monoisotopic (exact) mass is 679 g/mol. The Bertz CT molecular complexity index is 1470. The van der Waals surface area contributed by atoms with Crippen LogP contribution < -0.4 is 5.32 Å². The lowest BCUT2D eigenvalue weighted by molar-refractivity contribution is -0.155. The smallest absolute Gasteiger partial charge is 0.331 e. The molecule has 4 fully saturated rings. The van der Waals surface area contributed by atoms with Crippen molar-refractivity contribution in [3.05, 3.63) is 53.9 Å². The summed E-state index contributed by atoms with van der Waals surface area (Å²) in [5.41, 5.74) is 0.903. The van der Waals surface area contributed by atoms with Gasteiger partial charge in [0.15, 0.2) is 6.04 Å². The minimum absolute atomic E-state index is 0. The molecule has 2 aromatic rings. The zero-order valence-corrected chi connectivity index (χ0v) is 30.2. The van der Waals surface area contributed by atoms with Crippen LogP contribution in [0, 0.1) is 28.6 Å². The van der Waals surface area contributed by atoms with Crippen LogP contribution in [0.1, 0.15) is 90.5 Å². The number of amides is 3. The molecule has 1 aromatic heterocycles. The van der Waals surface area contributed by atoms with Gasteiger partial charge in [-0.1, -0.05) is 77.3 Å². The van der Waals surface area contributed by atoms with E-state index in [9.17, 15) is 19.2 Å². The van der Waals surface area contributed by atoms with E-state index in [0.29, 0.717) is 44.3 Å². The van der Waals surface area contributed by atoms with Crippen molar-refractivity contribution < 1.29 is 30.1 Å². The Labute approximate surface area is 292 Å². The van der Waals surface area contributed by atoms with Gasteiger partial charge in [-0.3, -0.25) is 19.1 Å². The highest BCUT2D eigenvalue weighted by Crippen LogP contribution is 2.54. The molecule has 1 aromatic carbocycles. The third-order valence-electron chi connectivity index (χ3n) is 11.0. The summed E-state index contributed by atoms with van der Waals surface area (Å²) in [5.74, 6) is -1.16. The molecule has 0 radical (unpaired) electrons. The number of hydrogen-bond donors (Lipinski definition) is 1. The van der Waals surface area contributed by atoms with Gasteiger partial charge >= 0.3 is 5.97 Å². The van der Waals surface area contributed by atoms with Gasteiger partial charge in [-0.15, -0.1) is 0 Å². The maximum Gasteiger partial charge on any atom is 0.331 e. The predicted molar refractivity (Wildman–Crippen MR) is 187 cm³/mol. The van der Waals surface area contributed by atoms with Crippen molar-refractivity contribution in [2.24, 2.45) is 28.6 Å². The van der Waals surface area contributed by atoms with Crippen molar-refractivity contribution in [3.8, 4) is 0 Å². The van der Waals surface area contributed by atoms with Crippen LogP contribution in [0.25, 0.3) is 0 Å². The SMILES string of the molecule is CC.COC(=O)[C@@H](NC(=O)[C@@H]1CN(C(=O)c2cnn(Cc3ccccc3)c2)CC12CN(C(=O)[C@H]1CC1(C)C)C2)[C@@H](C)OCC1CCCCC1.[HH]. The number of carbonyl (C=O) groups is 4. The molecule has 2 saturated heterocycles. The highest BCUT2D eigenvalue weighted by Gasteiger charge is 2.62. The average molecular weight is 680 g/mol. The van der Waals surface area contributed by atoms with E-state index in [1.165, 1.54) is 26.4 Å². The summed E-state index contributed by atoms with van der Waals surface area (Å²) in [4.78, 5) is 57.6. The molecule has 0 bridgehead atoms. The first-order chi connectivity index (χ1) is 23.5. The number of methoxy groups -OCH3 is 1. The second kappa shape index (κ2) is 15.4. The number of rotatable bonds is 11. The summed E-state index contributed by atoms with van der Waals surface area (Å²) in [6.45, 7) is 12.4. The number of carbonyl (C=O) groups excluding carboxylic acids is 4. The van der Waals surface area contributed by atoms with Gasteiger partial charge in [0, 0.05) is 51.7 Å². The summed E-state index contributed by atoms with van der Waals surface area (Å²) >= 11 is 0. The maximum atomic E-state index is 14.1. The topological polar surface area (TPSA) is 123 Å². The van der Waals surface area contributed by atoms with E-state index >= 15 is 0 Å². The molecule has 2 aliphatic carbocycles. The third-order valence-corrected chi connectivity index (χ3v) is 11.0. The molecule has 11 nitrogen and oxygen atoms in total. The average Bonchev–Trinajstić information content (AvgIpc) is 3.40. The van der Waals surface area contributed by atoms with E-state index in [4.69, 9.17) is 9.47 Å². The zero-order chi connectivity index (χ0) is 35.3. The molecule has 4 atom stereocenters. The summed E-state index contributed by atoms with van der Waals surface area (Å²) < 4.78 is 13.0. The van der Waals surface area contributed by atoms with Crippen molar-refractivity contribution in [3.63, 3.8) is 0 Å². The van der Waals surface area contributed by atoms with Crippen molar-refractivity contribution in [2.45, 2.75) is 91.8 Å². The molecule has 2 saturated carbocycles. The summed E-state index contributed by atoms with van der Waals surface area (Å²) in [5, 5.41) is 7.36. The van der Waals surface area contributed by atoms with E-state index in [1.54, 1.807) is 28.9 Å². The molecule has 3 heterocycles. The number of ether oxygens (including phenoxy) is 2. The molecule has 49 heavy (non-hydrogen) atoms. The van der Waals surface area contributed by atoms with Crippen LogP contribution in [0.5, 0.6) is 0 Å². The first-order valence-corrected chi connectivity index (χ1v) is 18.1. The fourth-order valence-corrected chi connectivity index (χ4v) is 7.78. The number of benzene rings is 1. The van der Waals surface area contributed by atoms with Crippen LogP contribution in [0.2, 0.25) is 0 Å². The van der Waals surface area contributed by atoms with E-state index in [2.05, 4.69) is 24.3 Å². The van der Waals surface area contributed by atoms with Crippen molar-refractivity contribution in [1.29, 1.82) is 0 Å². The lowest BCUT2D eigenvalue weighted by Gasteiger charge is -2.50. The van der Waals surface area contributed by atoms with Gasteiger partial charge in [-0.25, -0.2) is 4.79 Å². The van der Waals surface area contributed by atoms with E-state index in [1.807, 2.05) is 49.1 Å². The van der Waals surface area contributed by atoms with Crippen LogP contribution in [-0.4, -0.2) is 95.3 Å². The fraction of sp³-hybridized carbons (Fsp3) is 0.658. The number of hydrogen-bond acceptors (Lipinski definition) is 7. The van der Waals surface area contributed by atoms with Gasteiger partial charge in [0.05, 0.1) is 37.4 Å². The Balaban J connectivity index is 0.00000184. The second-order valence-electron chi connectivity index (χ2n) is 15.0. The summed E-state index contributed by atoms with van der Waals surface area (Å²) in [7, 11) is 1.31. The molecular weight excluding hydrogens is 622 g/mol. The van der Waals surface area contributed by atoms with Crippen LogP contribution in [0.4, 0.5) is 0 Å². The maximum absolute atomic E-state index is 14.1. The molecular formula is C38H57N5O6. The lowest BCUT2D eigenvalue weighted by Crippen LogP contribution is -2.65. The zero-order valence-electron chi connectivity index (χ0n) is 30.2. The predicted octanol–water partition coefficient (Wildman–Crippen LogP) is 4.79. The Hall–Kier alpha value is -3.73. The van der Waals surface area contributed by atoms with Crippen molar-refractivity contribution in [2.75, 3.05) is 39.9 Å². The van der Waals surface area contributed by atoms with Gasteiger partial charge < -0.3 is 24.6 Å². The number of aromatic nitrogens is 2. The van der Waals surface area contributed by atoms with Crippen LogP contribution in [0.15, 0.2) is 42.7 Å². The Morgan fingerprint density at radius 1 is 1.00 bits per heavy atom. The van der Waals surface area contributed by atoms with E-state index in [-0.39, 0.29) is 37.0 Å². The molecule has 1 spiro atoms. The van der Waals surface area contributed by atoms with Gasteiger partial charge in [0.2, 0.25) is 11.8 Å². The summed E-state index contributed by atoms with van der Waals surface area (Å²) in [6, 6.07) is 8.91.